The molecular weight excluding hydrogens is 262 g/mol. The van der Waals surface area contributed by atoms with E-state index in [1.54, 1.807) is 0 Å². The Labute approximate surface area is 128 Å². The van der Waals surface area contributed by atoms with E-state index < -0.39 is 0 Å². The van der Waals surface area contributed by atoms with Crippen LogP contribution in [-0.2, 0) is 4.74 Å². The van der Waals surface area contributed by atoms with E-state index in [9.17, 15) is 0 Å². The summed E-state index contributed by atoms with van der Waals surface area (Å²) in [5, 5.41) is 3.61. The van der Waals surface area contributed by atoms with E-state index in [4.69, 9.17) is 4.74 Å². The molecule has 1 fully saturated rings. The van der Waals surface area contributed by atoms with Gasteiger partial charge in [0.2, 0.25) is 0 Å². The Morgan fingerprint density at radius 1 is 1.14 bits per heavy atom. The molecule has 0 amide bonds. The summed E-state index contributed by atoms with van der Waals surface area (Å²) in [4.78, 5) is 5.07. The predicted octanol–water partition coefficient (Wildman–Crippen LogP) is 1.88. The SMILES string of the molecule is CCNC1CCN(CCN2CCOCC2)c2ccccc21. The molecule has 0 radical (unpaired) electrons. The topological polar surface area (TPSA) is 27.7 Å². The van der Waals surface area contributed by atoms with Crippen LogP contribution in [0.1, 0.15) is 24.9 Å². The molecule has 2 aliphatic heterocycles. The number of benzene rings is 1. The minimum atomic E-state index is 0.519. The monoisotopic (exact) mass is 289 g/mol. The number of morpholine rings is 1. The number of para-hydroxylation sites is 1. The molecule has 0 aromatic heterocycles. The van der Waals surface area contributed by atoms with Gasteiger partial charge in [-0.2, -0.15) is 0 Å². The van der Waals surface area contributed by atoms with E-state index in [0.717, 1.165) is 52.5 Å². The van der Waals surface area contributed by atoms with Gasteiger partial charge >= 0.3 is 0 Å². The molecular formula is C17H27N3O. The first-order chi connectivity index (χ1) is 10.4. The van der Waals surface area contributed by atoms with Gasteiger partial charge in [0.15, 0.2) is 0 Å². The van der Waals surface area contributed by atoms with Crippen LogP contribution in [0.3, 0.4) is 0 Å². The Bertz CT molecular complexity index is 445. The van der Waals surface area contributed by atoms with Gasteiger partial charge < -0.3 is 15.0 Å². The molecule has 0 bridgehead atoms. The van der Waals surface area contributed by atoms with E-state index in [2.05, 4.69) is 46.3 Å². The molecule has 1 aromatic rings. The average molecular weight is 289 g/mol. The summed E-state index contributed by atoms with van der Waals surface area (Å²) < 4.78 is 5.43. The molecule has 0 saturated carbocycles. The quantitative estimate of drug-likeness (QED) is 0.896. The maximum absolute atomic E-state index is 5.43. The highest BCUT2D eigenvalue weighted by molar-refractivity contribution is 5.57. The van der Waals surface area contributed by atoms with Crippen LogP contribution in [0.15, 0.2) is 24.3 Å². The summed E-state index contributed by atoms with van der Waals surface area (Å²) >= 11 is 0. The van der Waals surface area contributed by atoms with Crippen molar-refractivity contribution in [3.05, 3.63) is 29.8 Å². The van der Waals surface area contributed by atoms with Gasteiger partial charge in [-0.3, -0.25) is 4.90 Å². The van der Waals surface area contributed by atoms with Crippen molar-refractivity contribution >= 4 is 5.69 Å². The summed E-state index contributed by atoms with van der Waals surface area (Å²) in [5.41, 5.74) is 2.88. The minimum Gasteiger partial charge on any atom is -0.379 e. The van der Waals surface area contributed by atoms with Crippen LogP contribution in [-0.4, -0.2) is 57.4 Å². The van der Waals surface area contributed by atoms with Crippen molar-refractivity contribution in [1.29, 1.82) is 0 Å². The highest BCUT2D eigenvalue weighted by atomic mass is 16.5. The summed E-state index contributed by atoms with van der Waals surface area (Å²) in [6.07, 6.45) is 1.20. The van der Waals surface area contributed by atoms with Crippen LogP contribution in [0.5, 0.6) is 0 Å². The molecule has 3 rings (SSSR count). The maximum Gasteiger partial charge on any atom is 0.0594 e. The number of ether oxygens (including phenoxy) is 1. The van der Waals surface area contributed by atoms with Crippen molar-refractivity contribution in [2.24, 2.45) is 0 Å². The number of nitrogens with zero attached hydrogens (tertiary/aromatic N) is 2. The van der Waals surface area contributed by atoms with Crippen molar-refractivity contribution in [2.45, 2.75) is 19.4 Å². The van der Waals surface area contributed by atoms with E-state index in [0.29, 0.717) is 6.04 Å². The molecule has 0 aliphatic carbocycles. The molecule has 2 aliphatic rings. The van der Waals surface area contributed by atoms with Gasteiger partial charge in [-0.25, -0.2) is 0 Å². The summed E-state index contributed by atoms with van der Waals surface area (Å²) in [6, 6.07) is 9.40. The van der Waals surface area contributed by atoms with Gasteiger partial charge in [0.05, 0.1) is 13.2 Å². The zero-order valence-electron chi connectivity index (χ0n) is 13.1. The Hall–Kier alpha value is -1.10. The van der Waals surface area contributed by atoms with Crippen LogP contribution in [0.2, 0.25) is 0 Å². The Kier molecular flexibility index (Phi) is 5.12. The lowest BCUT2D eigenvalue weighted by molar-refractivity contribution is 0.0391. The standard InChI is InChI=1S/C17H27N3O/c1-2-18-16-7-8-20(17-6-4-3-5-15(16)17)10-9-19-11-13-21-14-12-19/h3-6,16,18H,2,7-14H2,1H3. The van der Waals surface area contributed by atoms with Gasteiger partial charge in [0.25, 0.3) is 0 Å². The lowest BCUT2D eigenvalue weighted by Crippen LogP contribution is -2.43. The van der Waals surface area contributed by atoms with Gasteiger partial charge in [-0.15, -0.1) is 0 Å². The largest absolute Gasteiger partial charge is 0.379 e. The lowest BCUT2D eigenvalue weighted by Gasteiger charge is -2.37. The number of hydrogen-bond donors (Lipinski definition) is 1. The number of rotatable bonds is 5. The maximum atomic E-state index is 5.43. The number of anilines is 1. The number of nitrogens with one attached hydrogen (secondary N) is 1. The zero-order valence-corrected chi connectivity index (χ0v) is 13.1. The first-order valence-electron chi connectivity index (χ1n) is 8.26. The summed E-state index contributed by atoms with van der Waals surface area (Å²) in [5.74, 6) is 0. The third-order valence-electron chi connectivity index (χ3n) is 4.58. The smallest absolute Gasteiger partial charge is 0.0594 e. The molecule has 1 aromatic carbocycles. The van der Waals surface area contributed by atoms with Crippen LogP contribution < -0.4 is 10.2 Å². The van der Waals surface area contributed by atoms with Crippen LogP contribution in [0.25, 0.3) is 0 Å². The Balaban J connectivity index is 1.64. The highest BCUT2D eigenvalue weighted by Crippen LogP contribution is 2.33. The van der Waals surface area contributed by atoms with Crippen molar-refractivity contribution in [3.8, 4) is 0 Å². The molecule has 4 heteroatoms. The molecule has 21 heavy (non-hydrogen) atoms. The summed E-state index contributed by atoms with van der Waals surface area (Å²) in [7, 11) is 0. The zero-order chi connectivity index (χ0) is 14.5. The number of fused-ring (bicyclic) bond motifs is 1. The molecule has 1 N–H and O–H groups in total. The minimum absolute atomic E-state index is 0.519. The fourth-order valence-corrected chi connectivity index (χ4v) is 3.41. The fourth-order valence-electron chi connectivity index (χ4n) is 3.41. The van der Waals surface area contributed by atoms with Gasteiger partial charge in [0.1, 0.15) is 0 Å². The molecule has 2 heterocycles. The van der Waals surface area contributed by atoms with Gasteiger partial charge in [-0.1, -0.05) is 25.1 Å². The second-order valence-corrected chi connectivity index (χ2v) is 5.90. The lowest BCUT2D eigenvalue weighted by atomic mass is 9.96. The van der Waals surface area contributed by atoms with Crippen LogP contribution in [0.4, 0.5) is 5.69 Å². The van der Waals surface area contributed by atoms with Crippen molar-refractivity contribution in [3.63, 3.8) is 0 Å². The molecule has 4 nitrogen and oxygen atoms in total. The second kappa shape index (κ2) is 7.25. The highest BCUT2D eigenvalue weighted by Gasteiger charge is 2.24. The van der Waals surface area contributed by atoms with Crippen molar-refractivity contribution < 1.29 is 4.74 Å². The molecule has 1 saturated heterocycles. The van der Waals surface area contributed by atoms with Crippen molar-refractivity contribution in [1.82, 2.24) is 10.2 Å². The normalized spacial score (nSPS) is 23.1. The molecule has 1 atom stereocenters. The fraction of sp³-hybridized carbons (Fsp3) is 0.647. The van der Waals surface area contributed by atoms with E-state index >= 15 is 0 Å². The Morgan fingerprint density at radius 3 is 2.76 bits per heavy atom. The van der Waals surface area contributed by atoms with Crippen LogP contribution in [0, 0.1) is 0 Å². The van der Waals surface area contributed by atoms with Crippen molar-refractivity contribution in [2.75, 3.05) is 57.4 Å². The molecule has 1 unspecified atom stereocenters. The summed E-state index contributed by atoms with van der Waals surface area (Å²) in [6.45, 7) is 10.6. The predicted molar refractivity (Wildman–Crippen MR) is 86.9 cm³/mol. The first kappa shape index (κ1) is 14.8. The van der Waals surface area contributed by atoms with E-state index in [-0.39, 0.29) is 0 Å². The average Bonchev–Trinajstić information content (AvgIpc) is 2.55. The van der Waals surface area contributed by atoms with E-state index in [1.165, 1.54) is 17.7 Å². The number of hydrogen-bond acceptors (Lipinski definition) is 4. The van der Waals surface area contributed by atoms with Gasteiger partial charge in [0, 0.05) is 44.5 Å². The Morgan fingerprint density at radius 2 is 1.95 bits per heavy atom. The van der Waals surface area contributed by atoms with Gasteiger partial charge in [-0.05, 0) is 24.6 Å². The molecule has 116 valence electrons. The van der Waals surface area contributed by atoms with Crippen LogP contribution >= 0.6 is 0 Å². The molecule has 0 spiro atoms. The second-order valence-electron chi connectivity index (χ2n) is 5.90. The van der Waals surface area contributed by atoms with E-state index in [1.807, 2.05) is 0 Å². The third-order valence-corrected chi connectivity index (χ3v) is 4.58. The first-order valence-corrected chi connectivity index (χ1v) is 8.26. The third kappa shape index (κ3) is 3.57.